The van der Waals surface area contributed by atoms with Crippen LogP contribution in [0.3, 0.4) is 0 Å². The summed E-state index contributed by atoms with van der Waals surface area (Å²) >= 11 is 0. The molecule has 1 aromatic heterocycles. The molecule has 0 radical (unpaired) electrons. The molecular formula is C12H11NO. The Morgan fingerprint density at radius 2 is 1.64 bits per heavy atom. The number of aromatic nitrogens is 1. The topological polar surface area (TPSA) is 26.9 Å². The molecule has 1 aromatic carbocycles. The Balaban J connectivity index is 2.48. The molecule has 0 unspecified atom stereocenters. The second-order valence-corrected chi connectivity index (χ2v) is 3.25. The van der Waals surface area contributed by atoms with Crippen LogP contribution in [0, 0.1) is 12.1 Å². The van der Waals surface area contributed by atoms with Crippen LogP contribution in [0.15, 0.2) is 48.7 Å². The molecule has 2 nitrogen and oxygen atoms in total. The van der Waals surface area contributed by atoms with Gasteiger partial charge in [0.25, 0.3) is 0 Å². The Hall–Kier alpha value is -1.83. The highest BCUT2D eigenvalue weighted by Gasteiger charge is 2.02. The van der Waals surface area contributed by atoms with Gasteiger partial charge in [-0.3, -0.25) is 0 Å². The van der Waals surface area contributed by atoms with Crippen molar-refractivity contribution in [2.45, 2.75) is 6.92 Å². The van der Waals surface area contributed by atoms with Crippen molar-refractivity contribution >= 4 is 0 Å². The molecule has 0 bridgehead atoms. The third-order valence-corrected chi connectivity index (χ3v) is 2.22. The molecule has 2 heteroatoms. The van der Waals surface area contributed by atoms with Crippen LogP contribution in [0.4, 0.5) is 0 Å². The SMILES string of the molecule is Cc1ccc(-c2ccccc2)c[n+]1[O-]. The van der Waals surface area contributed by atoms with Gasteiger partial charge in [0.2, 0.25) is 0 Å². The molecule has 0 saturated heterocycles. The number of pyridine rings is 1. The van der Waals surface area contributed by atoms with E-state index in [1.807, 2.05) is 42.5 Å². The third-order valence-electron chi connectivity index (χ3n) is 2.22. The van der Waals surface area contributed by atoms with E-state index in [1.54, 1.807) is 13.1 Å². The van der Waals surface area contributed by atoms with E-state index in [4.69, 9.17) is 0 Å². The Morgan fingerprint density at radius 1 is 0.929 bits per heavy atom. The maximum absolute atomic E-state index is 11.3. The highest BCUT2D eigenvalue weighted by atomic mass is 16.5. The van der Waals surface area contributed by atoms with E-state index < -0.39 is 0 Å². The van der Waals surface area contributed by atoms with Crippen LogP contribution in [0.5, 0.6) is 0 Å². The van der Waals surface area contributed by atoms with Crippen molar-refractivity contribution < 1.29 is 4.73 Å². The fourth-order valence-corrected chi connectivity index (χ4v) is 1.36. The summed E-state index contributed by atoms with van der Waals surface area (Å²) in [5.74, 6) is 0. The molecule has 0 N–H and O–H groups in total. The molecule has 0 aliphatic heterocycles. The third kappa shape index (κ3) is 1.59. The van der Waals surface area contributed by atoms with Gasteiger partial charge in [-0.15, -0.1) is 0 Å². The Morgan fingerprint density at radius 3 is 2.29 bits per heavy atom. The number of benzene rings is 1. The van der Waals surface area contributed by atoms with Crippen LogP contribution in [0.1, 0.15) is 5.69 Å². The summed E-state index contributed by atoms with van der Waals surface area (Å²) in [6.07, 6.45) is 1.60. The molecule has 0 aliphatic rings. The quantitative estimate of drug-likeness (QED) is 0.494. The van der Waals surface area contributed by atoms with Crippen LogP contribution in [-0.2, 0) is 0 Å². The Bertz CT molecular complexity index is 437. The van der Waals surface area contributed by atoms with Crippen LogP contribution in [0.2, 0.25) is 0 Å². The normalized spacial score (nSPS) is 10.1. The van der Waals surface area contributed by atoms with Crippen molar-refractivity contribution in [3.63, 3.8) is 0 Å². The van der Waals surface area contributed by atoms with E-state index >= 15 is 0 Å². The van der Waals surface area contributed by atoms with Crippen LogP contribution in [0.25, 0.3) is 11.1 Å². The van der Waals surface area contributed by atoms with Gasteiger partial charge < -0.3 is 5.21 Å². The van der Waals surface area contributed by atoms with E-state index in [1.165, 1.54) is 0 Å². The fraction of sp³-hybridized carbons (Fsp3) is 0.0833. The average molecular weight is 185 g/mol. The standard InChI is InChI=1S/C12H11NO/c1-10-7-8-12(9-13(10)14)11-5-3-2-4-6-11/h2-9H,1H3. The summed E-state index contributed by atoms with van der Waals surface area (Å²) in [4.78, 5) is 0. The molecular weight excluding hydrogens is 174 g/mol. The summed E-state index contributed by atoms with van der Waals surface area (Å²) < 4.78 is 0.891. The minimum Gasteiger partial charge on any atom is -0.618 e. The zero-order valence-corrected chi connectivity index (χ0v) is 7.97. The second kappa shape index (κ2) is 3.50. The van der Waals surface area contributed by atoms with Gasteiger partial charge in [-0.05, 0) is 11.6 Å². The first-order valence-electron chi connectivity index (χ1n) is 4.52. The number of hydrogen-bond acceptors (Lipinski definition) is 1. The Labute approximate surface area is 83.0 Å². The monoisotopic (exact) mass is 185 g/mol. The highest BCUT2D eigenvalue weighted by Crippen LogP contribution is 2.16. The summed E-state index contributed by atoms with van der Waals surface area (Å²) in [6, 6.07) is 13.7. The lowest BCUT2D eigenvalue weighted by Crippen LogP contribution is -2.29. The molecule has 0 aliphatic carbocycles. The fourth-order valence-electron chi connectivity index (χ4n) is 1.36. The number of nitrogens with zero attached hydrogens (tertiary/aromatic N) is 1. The van der Waals surface area contributed by atoms with Crippen LogP contribution in [-0.4, -0.2) is 0 Å². The molecule has 70 valence electrons. The Kier molecular flexibility index (Phi) is 2.19. The van der Waals surface area contributed by atoms with Gasteiger partial charge in [-0.25, -0.2) is 0 Å². The van der Waals surface area contributed by atoms with Gasteiger partial charge >= 0.3 is 0 Å². The summed E-state index contributed by atoms with van der Waals surface area (Å²) in [5.41, 5.74) is 2.73. The molecule has 0 atom stereocenters. The molecule has 2 aromatic rings. The molecule has 0 fully saturated rings. The predicted octanol–water partition coefficient (Wildman–Crippen LogP) is 2.30. The van der Waals surface area contributed by atoms with E-state index in [0.29, 0.717) is 5.69 Å². The molecule has 0 spiro atoms. The minimum absolute atomic E-state index is 0.713. The van der Waals surface area contributed by atoms with Crippen molar-refractivity contribution in [2.24, 2.45) is 0 Å². The lowest BCUT2D eigenvalue weighted by atomic mass is 10.1. The number of aryl methyl sites for hydroxylation is 1. The first-order valence-corrected chi connectivity index (χ1v) is 4.52. The maximum Gasteiger partial charge on any atom is 0.189 e. The largest absolute Gasteiger partial charge is 0.618 e. The molecule has 0 amide bonds. The zero-order valence-electron chi connectivity index (χ0n) is 7.97. The van der Waals surface area contributed by atoms with Gasteiger partial charge in [0.05, 0.1) is 0 Å². The van der Waals surface area contributed by atoms with Crippen molar-refractivity contribution in [3.8, 4) is 11.1 Å². The lowest BCUT2D eigenvalue weighted by molar-refractivity contribution is -0.611. The van der Waals surface area contributed by atoms with Crippen LogP contribution >= 0.6 is 0 Å². The van der Waals surface area contributed by atoms with E-state index in [9.17, 15) is 5.21 Å². The summed E-state index contributed by atoms with van der Waals surface area (Å²) in [5, 5.41) is 11.3. The first-order chi connectivity index (χ1) is 6.77. The summed E-state index contributed by atoms with van der Waals surface area (Å²) in [6.45, 7) is 1.79. The van der Waals surface area contributed by atoms with Crippen molar-refractivity contribution in [2.75, 3.05) is 0 Å². The zero-order chi connectivity index (χ0) is 9.97. The van der Waals surface area contributed by atoms with E-state index in [0.717, 1.165) is 15.9 Å². The predicted molar refractivity (Wildman–Crippen MR) is 55.6 cm³/mol. The van der Waals surface area contributed by atoms with Gasteiger partial charge in [-0.2, -0.15) is 4.73 Å². The van der Waals surface area contributed by atoms with Crippen LogP contribution < -0.4 is 4.73 Å². The van der Waals surface area contributed by atoms with E-state index in [-0.39, 0.29) is 0 Å². The number of rotatable bonds is 1. The van der Waals surface area contributed by atoms with Gasteiger partial charge in [0, 0.05) is 18.6 Å². The first kappa shape index (κ1) is 8.75. The summed E-state index contributed by atoms with van der Waals surface area (Å²) in [7, 11) is 0. The number of hydrogen-bond donors (Lipinski definition) is 0. The highest BCUT2D eigenvalue weighted by molar-refractivity contribution is 5.61. The smallest absolute Gasteiger partial charge is 0.189 e. The maximum atomic E-state index is 11.3. The van der Waals surface area contributed by atoms with Crippen molar-refractivity contribution in [1.82, 2.24) is 0 Å². The second-order valence-electron chi connectivity index (χ2n) is 3.25. The molecule has 2 rings (SSSR count). The van der Waals surface area contributed by atoms with Gasteiger partial charge in [0.15, 0.2) is 11.9 Å². The molecule has 1 heterocycles. The molecule has 14 heavy (non-hydrogen) atoms. The van der Waals surface area contributed by atoms with Gasteiger partial charge in [-0.1, -0.05) is 30.3 Å². The molecule has 0 saturated carbocycles. The van der Waals surface area contributed by atoms with Crippen molar-refractivity contribution in [1.29, 1.82) is 0 Å². The minimum atomic E-state index is 0.713. The van der Waals surface area contributed by atoms with Crippen molar-refractivity contribution in [3.05, 3.63) is 59.6 Å². The average Bonchev–Trinajstić information content (AvgIpc) is 2.23. The van der Waals surface area contributed by atoms with Gasteiger partial charge in [0.1, 0.15) is 0 Å². The van der Waals surface area contributed by atoms with E-state index in [2.05, 4.69) is 0 Å². The lowest BCUT2D eigenvalue weighted by Gasteiger charge is -2.03.